The fourth-order valence-corrected chi connectivity index (χ4v) is 3.78. The Morgan fingerprint density at radius 2 is 2.10 bits per heavy atom. The van der Waals surface area contributed by atoms with Gasteiger partial charge in [-0.25, -0.2) is 0 Å². The molecule has 0 spiro atoms. The van der Waals surface area contributed by atoms with Gasteiger partial charge in [0.05, 0.1) is 17.7 Å². The summed E-state index contributed by atoms with van der Waals surface area (Å²) in [5.41, 5.74) is 2.91. The van der Waals surface area contributed by atoms with E-state index in [9.17, 15) is 5.11 Å². The van der Waals surface area contributed by atoms with Crippen molar-refractivity contribution in [1.82, 2.24) is 0 Å². The summed E-state index contributed by atoms with van der Waals surface area (Å²) in [7, 11) is 0. The summed E-state index contributed by atoms with van der Waals surface area (Å²) in [6.45, 7) is 0.701. The highest BCUT2D eigenvalue weighted by Crippen LogP contribution is 2.37. The second kappa shape index (κ2) is 6.29. The molecule has 1 heterocycles. The van der Waals surface area contributed by atoms with Gasteiger partial charge >= 0.3 is 0 Å². The van der Waals surface area contributed by atoms with E-state index < -0.39 is 6.10 Å². The third kappa shape index (κ3) is 3.14. The number of aliphatic hydroxyl groups excluding tert-OH is 1. The molecule has 0 amide bonds. The van der Waals surface area contributed by atoms with E-state index >= 15 is 0 Å². The van der Waals surface area contributed by atoms with Crippen LogP contribution in [0.1, 0.15) is 22.8 Å². The summed E-state index contributed by atoms with van der Waals surface area (Å²) < 4.78 is 7.50. The smallest absolute Gasteiger partial charge is 0.125 e. The van der Waals surface area contributed by atoms with E-state index in [1.807, 2.05) is 24.3 Å². The van der Waals surface area contributed by atoms with E-state index in [0.29, 0.717) is 18.1 Å². The molecular weight excluding hydrogens is 419 g/mol. The number of benzene rings is 2. The quantitative estimate of drug-likeness (QED) is 0.733. The van der Waals surface area contributed by atoms with Crippen LogP contribution in [-0.2, 0) is 12.8 Å². The van der Waals surface area contributed by atoms with E-state index in [2.05, 4.69) is 37.9 Å². The van der Waals surface area contributed by atoms with Gasteiger partial charge in [0, 0.05) is 27.4 Å². The summed E-state index contributed by atoms with van der Waals surface area (Å²) in [6.07, 6.45) is 0.714. The van der Waals surface area contributed by atoms with Crippen LogP contribution in [0.15, 0.2) is 39.3 Å². The summed E-state index contributed by atoms with van der Waals surface area (Å²) in [4.78, 5) is 0. The molecule has 0 saturated carbocycles. The molecule has 1 unspecified atom stereocenters. The van der Waals surface area contributed by atoms with E-state index in [1.165, 1.54) is 5.56 Å². The van der Waals surface area contributed by atoms with Crippen LogP contribution in [0.5, 0.6) is 5.75 Å². The van der Waals surface area contributed by atoms with E-state index in [4.69, 9.17) is 16.3 Å². The molecule has 1 aliphatic rings. The average Bonchev–Trinajstić information content (AvgIpc) is 2.90. The first kappa shape index (κ1) is 15.3. The number of hydrogen-bond donors (Lipinski definition) is 1. The van der Waals surface area contributed by atoms with Crippen LogP contribution in [0.4, 0.5) is 0 Å². The molecule has 2 aromatic rings. The van der Waals surface area contributed by atoms with E-state index in [1.54, 1.807) is 0 Å². The first-order valence-corrected chi connectivity index (χ1v) is 8.58. The number of halogens is 3. The third-order valence-corrected chi connectivity index (χ3v) is 5.35. The molecule has 1 aliphatic heterocycles. The summed E-state index contributed by atoms with van der Waals surface area (Å²) in [5.74, 6) is 0.906. The summed E-state index contributed by atoms with van der Waals surface area (Å²) in [6, 6.07) is 9.65. The maximum absolute atomic E-state index is 10.5. The molecule has 21 heavy (non-hydrogen) atoms. The Labute approximate surface area is 145 Å². The van der Waals surface area contributed by atoms with Crippen LogP contribution in [0.3, 0.4) is 0 Å². The van der Waals surface area contributed by atoms with Crippen LogP contribution >= 0.6 is 43.5 Å². The molecule has 0 bridgehead atoms. The zero-order valence-corrected chi connectivity index (χ0v) is 15.0. The van der Waals surface area contributed by atoms with Crippen molar-refractivity contribution in [1.29, 1.82) is 0 Å². The minimum atomic E-state index is -0.669. The second-order valence-electron chi connectivity index (χ2n) is 5.01. The van der Waals surface area contributed by atoms with Crippen molar-refractivity contribution in [2.24, 2.45) is 0 Å². The SMILES string of the molecule is OC(Cc1cc(Br)cc2c1OCC2)c1cccc(Br)c1Cl. The minimum Gasteiger partial charge on any atom is -0.493 e. The Kier molecular flexibility index (Phi) is 4.60. The van der Waals surface area contributed by atoms with Gasteiger partial charge in [0.15, 0.2) is 0 Å². The van der Waals surface area contributed by atoms with Gasteiger partial charge in [0.1, 0.15) is 5.75 Å². The molecule has 110 valence electrons. The zero-order valence-electron chi connectivity index (χ0n) is 11.1. The van der Waals surface area contributed by atoms with Crippen LogP contribution in [0.2, 0.25) is 5.02 Å². The number of fused-ring (bicyclic) bond motifs is 1. The van der Waals surface area contributed by atoms with E-state index in [-0.39, 0.29) is 0 Å². The van der Waals surface area contributed by atoms with Gasteiger partial charge in [-0.05, 0) is 45.3 Å². The molecule has 1 atom stereocenters. The van der Waals surface area contributed by atoms with Gasteiger partial charge in [-0.2, -0.15) is 0 Å². The lowest BCUT2D eigenvalue weighted by Gasteiger charge is -2.16. The van der Waals surface area contributed by atoms with Crippen LogP contribution in [0, 0.1) is 0 Å². The van der Waals surface area contributed by atoms with Crippen molar-refractivity contribution < 1.29 is 9.84 Å². The van der Waals surface area contributed by atoms with Crippen molar-refractivity contribution in [3.05, 3.63) is 61.0 Å². The standard InChI is InChI=1S/C16H13Br2ClO2/c17-11-6-9-4-5-21-16(9)10(7-11)8-14(20)12-2-1-3-13(18)15(12)19/h1-3,6-7,14,20H,4-5,8H2. The molecular formula is C16H13Br2ClO2. The first-order chi connectivity index (χ1) is 10.1. The highest BCUT2D eigenvalue weighted by Gasteiger charge is 2.21. The van der Waals surface area contributed by atoms with Gasteiger partial charge in [0.2, 0.25) is 0 Å². The Bertz CT molecular complexity index is 688. The number of hydrogen-bond acceptors (Lipinski definition) is 2. The minimum absolute atomic E-state index is 0.470. The van der Waals surface area contributed by atoms with Gasteiger partial charge in [-0.15, -0.1) is 0 Å². The van der Waals surface area contributed by atoms with Crippen LogP contribution in [0.25, 0.3) is 0 Å². The first-order valence-electron chi connectivity index (χ1n) is 6.62. The summed E-state index contributed by atoms with van der Waals surface area (Å²) >= 11 is 13.2. The normalized spacial score (nSPS) is 14.7. The van der Waals surface area contributed by atoms with Crippen molar-refractivity contribution >= 4 is 43.5 Å². The number of ether oxygens (including phenoxy) is 1. The van der Waals surface area contributed by atoms with Gasteiger partial charge in [-0.3, -0.25) is 0 Å². The maximum Gasteiger partial charge on any atom is 0.125 e. The molecule has 3 rings (SSSR count). The van der Waals surface area contributed by atoms with Gasteiger partial charge in [-0.1, -0.05) is 39.7 Å². The molecule has 0 aliphatic carbocycles. The molecule has 2 aromatic carbocycles. The third-order valence-electron chi connectivity index (χ3n) is 3.58. The largest absolute Gasteiger partial charge is 0.493 e. The Morgan fingerprint density at radius 3 is 2.90 bits per heavy atom. The fraction of sp³-hybridized carbons (Fsp3) is 0.250. The molecule has 0 radical (unpaired) electrons. The van der Waals surface area contributed by atoms with Crippen molar-refractivity contribution in [3.8, 4) is 5.75 Å². The Morgan fingerprint density at radius 1 is 1.29 bits per heavy atom. The van der Waals surface area contributed by atoms with E-state index in [0.717, 1.165) is 32.2 Å². The zero-order chi connectivity index (χ0) is 15.0. The molecule has 1 N–H and O–H groups in total. The van der Waals surface area contributed by atoms with Crippen LogP contribution < -0.4 is 4.74 Å². The topological polar surface area (TPSA) is 29.5 Å². The predicted molar refractivity (Wildman–Crippen MR) is 91.2 cm³/mol. The molecule has 0 aromatic heterocycles. The Balaban J connectivity index is 1.92. The van der Waals surface area contributed by atoms with Gasteiger partial charge < -0.3 is 9.84 Å². The molecule has 0 fully saturated rings. The van der Waals surface area contributed by atoms with Gasteiger partial charge in [0.25, 0.3) is 0 Å². The fourth-order valence-electron chi connectivity index (χ4n) is 2.59. The second-order valence-corrected chi connectivity index (χ2v) is 7.16. The highest BCUT2D eigenvalue weighted by atomic mass is 79.9. The highest BCUT2D eigenvalue weighted by molar-refractivity contribution is 9.10. The Hall–Kier alpha value is -0.550. The number of aliphatic hydroxyl groups is 1. The van der Waals surface area contributed by atoms with Crippen molar-refractivity contribution in [2.75, 3.05) is 6.61 Å². The molecule has 2 nitrogen and oxygen atoms in total. The summed E-state index contributed by atoms with van der Waals surface area (Å²) in [5, 5.41) is 11.1. The monoisotopic (exact) mass is 430 g/mol. The van der Waals surface area contributed by atoms with Crippen molar-refractivity contribution in [2.45, 2.75) is 18.9 Å². The lowest BCUT2D eigenvalue weighted by atomic mass is 9.99. The average molecular weight is 433 g/mol. The predicted octanol–water partition coefficient (Wildman–Crippen LogP) is 5.08. The maximum atomic E-state index is 10.5. The van der Waals surface area contributed by atoms with Crippen LogP contribution in [-0.4, -0.2) is 11.7 Å². The molecule has 0 saturated heterocycles. The lowest BCUT2D eigenvalue weighted by Crippen LogP contribution is -2.04. The van der Waals surface area contributed by atoms with Crippen molar-refractivity contribution in [3.63, 3.8) is 0 Å². The lowest BCUT2D eigenvalue weighted by molar-refractivity contribution is 0.177. The molecule has 5 heteroatoms. The number of rotatable bonds is 3.